The van der Waals surface area contributed by atoms with Crippen molar-refractivity contribution in [3.63, 3.8) is 0 Å². The van der Waals surface area contributed by atoms with E-state index in [1.807, 2.05) is 0 Å². The standard InChI is InChI=1S/C5H9NO.H2/c1-4(6)3-5(2)7;/h3H,6H2,1-2H3;1H/b4-3-;. The molecule has 0 unspecified atom stereocenters. The molecule has 0 saturated carbocycles. The maximum atomic E-state index is 10.1. The second kappa shape index (κ2) is 2.39. The lowest BCUT2D eigenvalue weighted by Crippen LogP contribution is -1.93. The number of nitrogens with two attached hydrogens (primary N) is 1. The zero-order chi connectivity index (χ0) is 5.86. The smallest absolute Gasteiger partial charge is 0.154 e. The molecule has 0 aliphatic carbocycles. The predicted octanol–water partition coefficient (Wildman–Crippen LogP) is 0.684. The van der Waals surface area contributed by atoms with Crippen molar-refractivity contribution in [1.29, 1.82) is 0 Å². The molecular weight excluding hydrogens is 90.1 g/mol. The van der Waals surface area contributed by atoms with Crippen molar-refractivity contribution in [2.45, 2.75) is 13.8 Å². The van der Waals surface area contributed by atoms with Gasteiger partial charge in [-0.15, -0.1) is 0 Å². The Morgan fingerprint density at radius 1 is 1.71 bits per heavy atom. The van der Waals surface area contributed by atoms with Crippen LogP contribution in [0.25, 0.3) is 0 Å². The first-order valence-electron chi connectivity index (χ1n) is 2.07. The molecule has 0 aromatic rings. The highest BCUT2D eigenvalue weighted by molar-refractivity contribution is 5.87. The Labute approximate surface area is 44.5 Å². The normalized spacial score (nSPS) is 11.4. The number of allylic oxidation sites excluding steroid dienone is 2. The summed E-state index contributed by atoms with van der Waals surface area (Å²) in [5.74, 6) is 0.000000000000000444. The van der Waals surface area contributed by atoms with Gasteiger partial charge in [-0.2, -0.15) is 0 Å². The van der Waals surface area contributed by atoms with E-state index in [-0.39, 0.29) is 7.21 Å². The van der Waals surface area contributed by atoms with Crippen molar-refractivity contribution >= 4 is 5.78 Å². The summed E-state index contributed by atoms with van der Waals surface area (Å²) in [6.07, 6.45) is 1.39. The molecule has 0 saturated heterocycles. The Bertz CT molecular complexity index is 105. The van der Waals surface area contributed by atoms with Crippen LogP contribution in [-0.4, -0.2) is 5.78 Å². The second-order valence-electron chi connectivity index (χ2n) is 1.50. The molecule has 0 bridgehead atoms. The van der Waals surface area contributed by atoms with E-state index < -0.39 is 0 Å². The SMILES string of the molecule is CC(=O)/C=C(/C)N.[HH]. The molecule has 0 atom stereocenters. The molecule has 0 heterocycles. The summed E-state index contributed by atoms with van der Waals surface area (Å²) >= 11 is 0. The van der Waals surface area contributed by atoms with E-state index in [0.29, 0.717) is 5.70 Å². The number of ketones is 1. The van der Waals surface area contributed by atoms with Crippen molar-refractivity contribution in [2.24, 2.45) is 5.73 Å². The molecule has 0 aliphatic heterocycles. The lowest BCUT2D eigenvalue weighted by Gasteiger charge is -1.81. The number of carbonyl (C=O) groups is 1. The Hall–Kier alpha value is -0.790. The van der Waals surface area contributed by atoms with Crippen molar-refractivity contribution in [2.75, 3.05) is 0 Å². The van der Waals surface area contributed by atoms with Crippen LogP contribution in [0.3, 0.4) is 0 Å². The summed E-state index contributed by atoms with van der Waals surface area (Å²) in [6, 6.07) is 0. The molecular formula is C5H11NO. The van der Waals surface area contributed by atoms with Gasteiger partial charge in [0.15, 0.2) is 5.78 Å². The van der Waals surface area contributed by atoms with Crippen LogP contribution in [-0.2, 0) is 4.79 Å². The molecule has 0 fully saturated rings. The third kappa shape index (κ3) is 5.21. The summed E-state index contributed by atoms with van der Waals surface area (Å²) in [7, 11) is 0. The monoisotopic (exact) mass is 101 g/mol. The quantitative estimate of drug-likeness (QED) is 0.493. The Morgan fingerprint density at radius 3 is 2.14 bits per heavy atom. The average molecular weight is 101 g/mol. The third-order valence-corrected chi connectivity index (χ3v) is 0.431. The van der Waals surface area contributed by atoms with E-state index in [2.05, 4.69) is 0 Å². The predicted molar refractivity (Wildman–Crippen MR) is 30.7 cm³/mol. The van der Waals surface area contributed by atoms with Crippen molar-refractivity contribution in [1.82, 2.24) is 0 Å². The van der Waals surface area contributed by atoms with Gasteiger partial charge in [-0.3, -0.25) is 4.79 Å². The summed E-state index contributed by atoms with van der Waals surface area (Å²) in [5, 5.41) is 0. The molecule has 42 valence electrons. The number of hydrogen-bond acceptors (Lipinski definition) is 2. The van der Waals surface area contributed by atoms with E-state index >= 15 is 0 Å². The molecule has 0 radical (unpaired) electrons. The summed E-state index contributed by atoms with van der Waals surface area (Å²) in [4.78, 5) is 10.1. The topological polar surface area (TPSA) is 43.1 Å². The second-order valence-corrected chi connectivity index (χ2v) is 1.50. The lowest BCUT2D eigenvalue weighted by atomic mass is 10.3. The first kappa shape index (κ1) is 6.21. The first-order chi connectivity index (χ1) is 3.13. The number of carbonyl (C=O) groups excluding carboxylic acids is 1. The zero-order valence-corrected chi connectivity index (χ0v) is 4.56. The Kier molecular flexibility index (Phi) is 2.12. The van der Waals surface area contributed by atoms with Crippen molar-refractivity contribution in [3.8, 4) is 0 Å². The first-order valence-corrected chi connectivity index (χ1v) is 2.07. The molecule has 2 N–H and O–H groups in total. The van der Waals surface area contributed by atoms with Crippen LogP contribution in [0.15, 0.2) is 11.8 Å². The minimum atomic E-state index is 0. The van der Waals surface area contributed by atoms with Crippen molar-refractivity contribution in [3.05, 3.63) is 11.8 Å². The van der Waals surface area contributed by atoms with Crippen LogP contribution in [0.2, 0.25) is 0 Å². The van der Waals surface area contributed by atoms with Crippen LogP contribution in [0.4, 0.5) is 0 Å². The third-order valence-electron chi connectivity index (χ3n) is 0.431. The molecule has 2 nitrogen and oxygen atoms in total. The van der Waals surface area contributed by atoms with Gasteiger partial charge in [-0.25, -0.2) is 0 Å². The fourth-order valence-corrected chi connectivity index (χ4v) is 0.321. The minimum Gasteiger partial charge on any atom is -0.402 e. The van der Waals surface area contributed by atoms with Gasteiger partial charge in [0.1, 0.15) is 0 Å². The maximum absolute atomic E-state index is 10.1. The van der Waals surface area contributed by atoms with Crippen LogP contribution in [0, 0.1) is 0 Å². The minimum absolute atomic E-state index is 0. The van der Waals surface area contributed by atoms with Gasteiger partial charge in [-0.05, 0) is 19.9 Å². The molecule has 0 spiro atoms. The van der Waals surface area contributed by atoms with Crippen LogP contribution < -0.4 is 5.73 Å². The highest BCUT2D eigenvalue weighted by Crippen LogP contribution is 1.78. The zero-order valence-electron chi connectivity index (χ0n) is 4.56. The number of rotatable bonds is 1. The summed E-state index contributed by atoms with van der Waals surface area (Å²) in [5.41, 5.74) is 5.70. The maximum Gasteiger partial charge on any atom is 0.154 e. The van der Waals surface area contributed by atoms with E-state index in [1.165, 1.54) is 13.0 Å². The fraction of sp³-hybridized carbons (Fsp3) is 0.400. The molecule has 7 heavy (non-hydrogen) atoms. The summed E-state index contributed by atoms with van der Waals surface area (Å²) < 4.78 is 0. The number of hydrogen-bond donors (Lipinski definition) is 1. The van der Waals surface area contributed by atoms with Gasteiger partial charge >= 0.3 is 0 Å². The van der Waals surface area contributed by atoms with Gasteiger partial charge in [-0.1, -0.05) is 0 Å². The highest BCUT2D eigenvalue weighted by atomic mass is 16.1. The van der Waals surface area contributed by atoms with Gasteiger partial charge in [0.05, 0.1) is 0 Å². The van der Waals surface area contributed by atoms with E-state index in [9.17, 15) is 4.79 Å². The van der Waals surface area contributed by atoms with Crippen LogP contribution >= 0.6 is 0 Å². The van der Waals surface area contributed by atoms with Crippen molar-refractivity contribution < 1.29 is 6.22 Å². The summed E-state index contributed by atoms with van der Waals surface area (Å²) in [6.45, 7) is 3.15. The van der Waals surface area contributed by atoms with Gasteiger partial charge < -0.3 is 5.73 Å². The Morgan fingerprint density at radius 2 is 2.14 bits per heavy atom. The average Bonchev–Trinajstić information content (AvgIpc) is 1.27. The molecule has 0 aliphatic rings. The van der Waals surface area contributed by atoms with Crippen LogP contribution in [0.5, 0.6) is 0 Å². The van der Waals surface area contributed by atoms with Gasteiger partial charge in [0.2, 0.25) is 0 Å². The highest BCUT2D eigenvalue weighted by Gasteiger charge is 1.80. The molecule has 0 rings (SSSR count). The van der Waals surface area contributed by atoms with E-state index in [4.69, 9.17) is 5.73 Å². The molecule has 2 heteroatoms. The largest absolute Gasteiger partial charge is 0.402 e. The van der Waals surface area contributed by atoms with Gasteiger partial charge in [0.25, 0.3) is 0 Å². The van der Waals surface area contributed by atoms with Gasteiger partial charge in [0, 0.05) is 7.12 Å². The Balaban J connectivity index is 0. The molecule has 0 aromatic heterocycles. The van der Waals surface area contributed by atoms with E-state index in [1.54, 1.807) is 6.92 Å². The molecule has 0 aromatic carbocycles. The van der Waals surface area contributed by atoms with Crippen LogP contribution in [0.1, 0.15) is 15.3 Å². The van der Waals surface area contributed by atoms with E-state index in [0.717, 1.165) is 0 Å². The lowest BCUT2D eigenvalue weighted by molar-refractivity contribution is -0.112. The molecule has 0 amide bonds. The fourth-order valence-electron chi connectivity index (χ4n) is 0.321.